The van der Waals surface area contributed by atoms with E-state index < -0.39 is 0 Å². The van der Waals surface area contributed by atoms with Crippen LogP contribution < -0.4 is 10.1 Å². The smallest absolute Gasteiger partial charge is 0.228 e. The minimum atomic E-state index is -0.337. The summed E-state index contributed by atoms with van der Waals surface area (Å²) in [5.41, 5.74) is 0.354. The Morgan fingerprint density at radius 2 is 1.76 bits per heavy atom. The Kier molecular flexibility index (Phi) is 6.42. The summed E-state index contributed by atoms with van der Waals surface area (Å²) in [5.74, 6) is 0.823. The number of anilines is 1. The molecule has 2 amide bonds. The van der Waals surface area contributed by atoms with Crippen LogP contribution in [-0.4, -0.2) is 61.4 Å². The van der Waals surface area contributed by atoms with Gasteiger partial charge in [-0.15, -0.1) is 0 Å². The van der Waals surface area contributed by atoms with Crippen molar-refractivity contribution >= 4 is 17.5 Å². The van der Waals surface area contributed by atoms with Crippen LogP contribution in [0, 0.1) is 5.41 Å². The number of rotatable bonds is 5. The molecular formula is C19H29N3O3. The summed E-state index contributed by atoms with van der Waals surface area (Å²) in [6.07, 6.45) is 0.422. The number of piperazine rings is 1. The van der Waals surface area contributed by atoms with Crippen molar-refractivity contribution in [2.24, 2.45) is 5.41 Å². The van der Waals surface area contributed by atoms with Crippen LogP contribution in [0.5, 0.6) is 5.75 Å². The lowest BCUT2D eigenvalue weighted by Crippen LogP contribution is -2.51. The normalized spacial score (nSPS) is 15.8. The standard InChI is InChI=1S/C19H29N3O3/c1-19(2,3)18(24)22-13-11-21(12-14-22)10-9-17(23)20-15-7-5-6-8-16(15)25-4/h5-8H,9-14H2,1-4H3,(H,20,23). The highest BCUT2D eigenvalue weighted by molar-refractivity contribution is 5.92. The Bertz CT molecular complexity index is 602. The number of hydrogen-bond donors (Lipinski definition) is 1. The summed E-state index contributed by atoms with van der Waals surface area (Å²) in [4.78, 5) is 28.6. The van der Waals surface area contributed by atoms with Crippen molar-refractivity contribution in [2.75, 3.05) is 45.2 Å². The van der Waals surface area contributed by atoms with E-state index in [0.717, 1.165) is 26.2 Å². The molecule has 1 aliphatic rings. The summed E-state index contributed by atoms with van der Waals surface area (Å²) in [7, 11) is 1.59. The first-order valence-corrected chi connectivity index (χ1v) is 8.76. The third-order valence-corrected chi connectivity index (χ3v) is 4.34. The van der Waals surface area contributed by atoms with E-state index in [1.54, 1.807) is 7.11 Å². The van der Waals surface area contributed by atoms with E-state index in [9.17, 15) is 9.59 Å². The van der Waals surface area contributed by atoms with Crippen molar-refractivity contribution in [3.05, 3.63) is 24.3 Å². The van der Waals surface area contributed by atoms with E-state index >= 15 is 0 Å². The second kappa shape index (κ2) is 8.34. The molecule has 6 nitrogen and oxygen atoms in total. The van der Waals surface area contributed by atoms with Crippen LogP contribution in [0.4, 0.5) is 5.69 Å². The molecule has 1 aromatic carbocycles. The van der Waals surface area contributed by atoms with Crippen LogP contribution in [0.3, 0.4) is 0 Å². The fourth-order valence-electron chi connectivity index (χ4n) is 2.87. The maximum absolute atomic E-state index is 12.3. The van der Waals surface area contributed by atoms with E-state index in [2.05, 4.69) is 10.2 Å². The van der Waals surface area contributed by atoms with Crippen molar-refractivity contribution in [1.82, 2.24) is 9.80 Å². The molecule has 0 aromatic heterocycles. The van der Waals surface area contributed by atoms with Crippen molar-refractivity contribution in [3.63, 3.8) is 0 Å². The van der Waals surface area contributed by atoms with Crippen molar-refractivity contribution in [3.8, 4) is 5.75 Å². The van der Waals surface area contributed by atoms with E-state index in [4.69, 9.17) is 4.74 Å². The Labute approximate surface area is 150 Å². The number of benzene rings is 1. The minimum absolute atomic E-state index is 0.0299. The number of nitrogens with zero attached hydrogens (tertiary/aromatic N) is 2. The lowest BCUT2D eigenvalue weighted by Gasteiger charge is -2.37. The van der Waals surface area contributed by atoms with Crippen molar-refractivity contribution in [2.45, 2.75) is 27.2 Å². The summed E-state index contributed by atoms with van der Waals surface area (Å²) in [5, 5.41) is 2.89. The zero-order valence-corrected chi connectivity index (χ0v) is 15.7. The molecule has 0 atom stereocenters. The number of carbonyl (C=O) groups excluding carboxylic acids is 2. The molecule has 0 aliphatic carbocycles. The predicted octanol–water partition coefficient (Wildman–Crippen LogP) is 2.21. The third kappa shape index (κ3) is 5.46. The van der Waals surface area contributed by atoms with Gasteiger partial charge in [0, 0.05) is 44.6 Å². The molecular weight excluding hydrogens is 318 g/mol. The van der Waals surface area contributed by atoms with Crippen LogP contribution in [0.25, 0.3) is 0 Å². The number of methoxy groups -OCH3 is 1. The first kappa shape index (κ1) is 19.2. The van der Waals surface area contributed by atoms with Gasteiger partial charge in [0.25, 0.3) is 0 Å². The summed E-state index contributed by atoms with van der Waals surface area (Å²) >= 11 is 0. The van der Waals surface area contributed by atoms with Gasteiger partial charge in [-0.05, 0) is 12.1 Å². The summed E-state index contributed by atoms with van der Waals surface area (Å²) in [6.45, 7) is 9.61. The molecule has 1 aromatic rings. The molecule has 1 fully saturated rings. The van der Waals surface area contributed by atoms with Crippen molar-refractivity contribution < 1.29 is 14.3 Å². The van der Waals surface area contributed by atoms with E-state index in [0.29, 0.717) is 24.4 Å². The zero-order chi connectivity index (χ0) is 18.4. The fourth-order valence-corrected chi connectivity index (χ4v) is 2.87. The first-order valence-electron chi connectivity index (χ1n) is 8.76. The average molecular weight is 347 g/mol. The number of ether oxygens (including phenoxy) is 1. The quantitative estimate of drug-likeness (QED) is 0.887. The van der Waals surface area contributed by atoms with Gasteiger partial charge >= 0.3 is 0 Å². The molecule has 1 heterocycles. The highest BCUT2D eigenvalue weighted by Crippen LogP contribution is 2.23. The van der Waals surface area contributed by atoms with Gasteiger partial charge in [-0.1, -0.05) is 32.9 Å². The average Bonchev–Trinajstić information content (AvgIpc) is 2.59. The van der Waals surface area contributed by atoms with E-state index in [-0.39, 0.29) is 17.2 Å². The number of para-hydroxylation sites is 2. The van der Waals surface area contributed by atoms with Gasteiger partial charge in [0.2, 0.25) is 11.8 Å². The second-order valence-corrected chi connectivity index (χ2v) is 7.38. The maximum atomic E-state index is 12.3. The largest absolute Gasteiger partial charge is 0.495 e. The Morgan fingerprint density at radius 3 is 2.36 bits per heavy atom. The number of hydrogen-bond acceptors (Lipinski definition) is 4. The van der Waals surface area contributed by atoms with Gasteiger partial charge in [-0.3, -0.25) is 14.5 Å². The van der Waals surface area contributed by atoms with E-state index in [1.165, 1.54) is 0 Å². The molecule has 138 valence electrons. The molecule has 1 saturated heterocycles. The number of nitrogens with one attached hydrogen (secondary N) is 1. The molecule has 6 heteroatoms. The summed E-state index contributed by atoms with van der Waals surface area (Å²) in [6, 6.07) is 7.38. The fraction of sp³-hybridized carbons (Fsp3) is 0.579. The molecule has 0 spiro atoms. The number of amides is 2. The molecule has 1 N–H and O–H groups in total. The predicted molar refractivity (Wildman–Crippen MR) is 98.7 cm³/mol. The van der Waals surface area contributed by atoms with Gasteiger partial charge in [0.05, 0.1) is 12.8 Å². The molecule has 2 rings (SSSR count). The highest BCUT2D eigenvalue weighted by atomic mass is 16.5. The van der Waals surface area contributed by atoms with Crippen LogP contribution in [-0.2, 0) is 9.59 Å². The van der Waals surface area contributed by atoms with Gasteiger partial charge < -0.3 is 15.0 Å². The zero-order valence-electron chi connectivity index (χ0n) is 15.7. The van der Waals surface area contributed by atoms with Gasteiger partial charge in [0.1, 0.15) is 5.75 Å². The lowest BCUT2D eigenvalue weighted by atomic mass is 9.94. The van der Waals surface area contributed by atoms with Crippen LogP contribution in [0.2, 0.25) is 0 Å². The van der Waals surface area contributed by atoms with Gasteiger partial charge in [-0.25, -0.2) is 0 Å². The van der Waals surface area contributed by atoms with Crippen LogP contribution in [0.15, 0.2) is 24.3 Å². The molecule has 0 radical (unpaired) electrons. The summed E-state index contributed by atoms with van der Waals surface area (Å²) < 4.78 is 5.24. The minimum Gasteiger partial charge on any atom is -0.495 e. The highest BCUT2D eigenvalue weighted by Gasteiger charge is 2.29. The Hall–Kier alpha value is -2.08. The van der Waals surface area contributed by atoms with Crippen molar-refractivity contribution in [1.29, 1.82) is 0 Å². The topological polar surface area (TPSA) is 61.9 Å². The second-order valence-electron chi connectivity index (χ2n) is 7.38. The van der Waals surface area contributed by atoms with Crippen LogP contribution >= 0.6 is 0 Å². The Morgan fingerprint density at radius 1 is 1.12 bits per heavy atom. The SMILES string of the molecule is COc1ccccc1NC(=O)CCN1CCN(C(=O)C(C)(C)C)CC1. The van der Waals surface area contributed by atoms with Gasteiger partial charge in [0.15, 0.2) is 0 Å². The van der Waals surface area contributed by atoms with Gasteiger partial charge in [-0.2, -0.15) is 0 Å². The molecule has 0 unspecified atom stereocenters. The first-order chi connectivity index (χ1) is 11.8. The molecule has 1 aliphatic heterocycles. The molecule has 25 heavy (non-hydrogen) atoms. The number of carbonyl (C=O) groups is 2. The Balaban J connectivity index is 1.76. The monoisotopic (exact) mass is 347 g/mol. The lowest BCUT2D eigenvalue weighted by molar-refractivity contribution is -0.141. The van der Waals surface area contributed by atoms with E-state index in [1.807, 2.05) is 49.9 Å². The third-order valence-electron chi connectivity index (χ3n) is 4.34. The molecule has 0 bridgehead atoms. The van der Waals surface area contributed by atoms with Crippen LogP contribution in [0.1, 0.15) is 27.2 Å². The maximum Gasteiger partial charge on any atom is 0.228 e. The molecule has 0 saturated carbocycles.